The van der Waals surface area contributed by atoms with Gasteiger partial charge in [-0.3, -0.25) is 4.79 Å². The average molecular weight is 294 g/mol. The number of carbonyl (C=O) groups excluding carboxylic acids is 1. The van der Waals surface area contributed by atoms with Crippen molar-refractivity contribution in [2.24, 2.45) is 5.92 Å². The number of aliphatic carboxylic acids is 1. The number of carboxylic acid groups (broad SMARTS) is 1. The third-order valence-electron chi connectivity index (χ3n) is 3.80. The standard InChI is InChI=1S/C15H22N2O4/c18-14(19)6-5-12-3-1-9-17(11-12)15(20)16-8-7-13-4-2-10-21-13/h2,4,10,12H,1,3,5-9,11H2,(H,16,20)(H,18,19). The number of hydrogen-bond donors (Lipinski definition) is 2. The Bertz CT molecular complexity index is 458. The summed E-state index contributed by atoms with van der Waals surface area (Å²) in [6.45, 7) is 1.94. The summed E-state index contributed by atoms with van der Waals surface area (Å²) >= 11 is 0. The van der Waals surface area contributed by atoms with Gasteiger partial charge in [0.25, 0.3) is 0 Å². The molecule has 0 bridgehead atoms. The van der Waals surface area contributed by atoms with Crippen molar-refractivity contribution in [3.63, 3.8) is 0 Å². The first-order valence-electron chi connectivity index (χ1n) is 7.42. The van der Waals surface area contributed by atoms with Crippen molar-refractivity contribution in [2.45, 2.75) is 32.1 Å². The molecule has 1 unspecified atom stereocenters. The second kappa shape index (κ2) is 7.71. The van der Waals surface area contributed by atoms with Crippen LogP contribution in [0.3, 0.4) is 0 Å². The van der Waals surface area contributed by atoms with Crippen LogP contribution >= 0.6 is 0 Å². The number of hydrogen-bond acceptors (Lipinski definition) is 3. The van der Waals surface area contributed by atoms with E-state index in [0.29, 0.717) is 31.8 Å². The molecular weight excluding hydrogens is 272 g/mol. The molecule has 0 spiro atoms. The molecular formula is C15H22N2O4. The number of furan rings is 1. The minimum Gasteiger partial charge on any atom is -0.481 e. The number of likely N-dealkylation sites (tertiary alicyclic amines) is 1. The van der Waals surface area contributed by atoms with Gasteiger partial charge in [-0.05, 0) is 37.3 Å². The van der Waals surface area contributed by atoms with Crippen LogP contribution in [0.15, 0.2) is 22.8 Å². The highest BCUT2D eigenvalue weighted by molar-refractivity contribution is 5.74. The number of nitrogens with zero attached hydrogens (tertiary/aromatic N) is 1. The van der Waals surface area contributed by atoms with E-state index in [1.165, 1.54) is 0 Å². The van der Waals surface area contributed by atoms with Gasteiger partial charge in [-0.15, -0.1) is 0 Å². The molecule has 1 saturated heterocycles. The van der Waals surface area contributed by atoms with E-state index in [9.17, 15) is 9.59 Å². The van der Waals surface area contributed by atoms with Crippen LogP contribution in [0.5, 0.6) is 0 Å². The van der Waals surface area contributed by atoms with Crippen LogP contribution in [0.2, 0.25) is 0 Å². The van der Waals surface area contributed by atoms with Gasteiger partial charge in [0.05, 0.1) is 6.26 Å². The first kappa shape index (κ1) is 15.4. The Morgan fingerprint density at radius 3 is 3.05 bits per heavy atom. The lowest BCUT2D eigenvalue weighted by Crippen LogP contribution is -2.46. The SMILES string of the molecule is O=C(O)CCC1CCCN(C(=O)NCCc2ccco2)C1. The fourth-order valence-corrected chi connectivity index (χ4v) is 2.67. The van der Waals surface area contributed by atoms with Gasteiger partial charge in [0.2, 0.25) is 0 Å². The molecule has 0 aliphatic carbocycles. The molecule has 1 aromatic heterocycles. The van der Waals surface area contributed by atoms with E-state index in [-0.39, 0.29) is 12.5 Å². The van der Waals surface area contributed by atoms with Gasteiger partial charge in [0.15, 0.2) is 0 Å². The van der Waals surface area contributed by atoms with E-state index in [4.69, 9.17) is 9.52 Å². The molecule has 116 valence electrons. The summed E-state index contributed by atoms with van der Waals surface area (Å²) in [4.78, 5) is 24.5. The molecule has 6 nitrogen and oxygen atoms in total. The monoisotopic (exact) mass is 294 g/mol. The third-order valence-corrected chi connectivity index (χ3v) is 3.80. The van der Waals surface area contributed by atoms with Crippen molar-refractivity contribution in [1.29, 1.82) is 0 Å². The number of nitrogens with one attached hydrogen (secondary N) is 1. The summed E-state index contributed by atoms with van der Waals surface area (Å²) in [7, 11) is 0. The van der Waals surface area contributed by atoms with Gasteiger partial charge in [-0.1, -0.05) is 0 Å². The summed E-state index contributed by atoms with van der Waals surface area (Å²) in [5.41, 5.74) is 0. The predicted octanol–water partition coefficient (Wildman–Crippen LogP) is 2.11. The second-order valence-electron chi connectivity index (χ2n) is 5.45. The molecule has 21 heavy (non-hydrogen) atoms. The lowest BCUT2D eigenvalue weighted by atomic mass is 9.93. The lowest BCUT2D eigenvalue weighted by Gasteiger charge is -2.32. The second-order valence-corrected chi connectivity index (χ2v) is 5.45. The molecule has 1 fully saturated rings. The summed E-state index contributed by atoms with van der Waals surface area (Å²) in [6.07, 6.45) is 5.06. The molecule has 2 N–H and O–H groups in total. The predicted molar refractivity (Wildman–Crippen MR) is 77.0 cm³/mol. The minimum atomic E-state index is -0.768. The molecule has 2 heterocycles. The number of amides is 2. The molecule has 0 radical (unpaired) electrons. The largest absolute Gasteiger partial charge is 0.481 e. The average Bonchev–Trinajstić information content (AvgIpc) is 2.98. The first-order valence-corrected chi connectivity index (χ1v) is 7.42. The maximum Gasteiger partial charge on any atom is 0.317 e. The summed E-state index contributed by atoms with van der Waals surface area (Å²) in [6, 6.07) is 3.64. The Hall–Kier alpha value is -1.98. The lowest BCUT2D eigenvalue weighted by molar-refractivity contribution is -0.137. The van der Waals surface area contributed by atoms with Crippen molar-refractivity contribution >= 4 is 12.0 Å². The molecule has 1 aliphatic rings. The van der Waals surface area contributed by atoms with Crippen molar-refractivity contribution in [2.75, 3.05) is 19.6 Å². The zero-order valence-electron chi connectivity index (χ0n) is 12.1. The molecule has 1 atom stereocenters. The molecule has 2 amide bonds. The van der Waals surface area contributed by atoms with E-state index in [0.717, 1.165) is 25.1 Å². The quantitative estimate of drug-likeness (QED) is 0.841. The van der Waals surface area contributed by atoms with Crippen LogP contribution in [-0.2, 0) is 11.2 Å². The highest BCUT2D eigenvalue weighted by Crippen LogP contribution is 2.20. The smallest absolute Gasteiger partial charge is 0.317 e. The maximum atomic E-state index is 12.1. The third kappa shape index (κ3) is 5.13. The van der Waals surface area contributed by atoms with Crippen LogP contribution in [0.4, 0.5) is 4.79 Å². The van der Waals surface area contributed by atoms with Crippen LogP contribution in [0, 0.1) is 5.92 Å². The molecule has 1 aromatic rings. The molecule has 2 rings (SSSR count). The van der Waals surface area contributed by atoms with E-state index in [1.807, 2.05) is 12.1 Å². The fourth-order valence-electron chi connectivity index (χ4n) is 2.67. The topological polar surface area (TPSA) is 82.8 Å². The summed E-state index contributed by atoms with van der Waals surface area (Å²) in [5, 5.41) is 11.6. The van der Waals surface area contributed by atoms with Crippen molar-refractivity contribution < 1.29 is 19.1 Å². The molecule has 6 heteroatoms. The van der Waals surface area contributed by atoms with Gasteiger partial charge in [-0.2, -0.15) is 0 Å². The van der Waals surface area contributed by atoms with Gasteiger partial charge >= 0.3 is 12.0 Å². The van der Waals surface area contributed by atoms with Gasteiger partial charge in [0.1, 0.15) is 5.76 Å². The van der Waals surface area contributed by atoms with Crippen molar-refractivity contribution in [1.82, 2.24) is 10.2 Å². The number of carboxylic acids is 1. The van der Waals surface area contributed by atoms with E-state index < -0.39 is 5.97 Å². The number of rotatable bonds is 6. The first-order chi connectivity index (χ1) is 10.1. The van der Waals surface area contributed by atoms with E-state index in [1.54, 1.807) is 11.2 Å². The highest BCUT2D eigenvalue weighted by Gasteiger charge is 2.23. The fraction of sp³-hybridized carbons (Fsp3) is 0.600. The molecule has 0 saturated carbocycles. The summed E-state index contributed by atoms with van der Waals surface area (Å²) < 4.78 is 5.21. The Morgan fingerprint density at radius 1 is 1.48 bits per heavy atom. The number of carbonyl (C=O) groups is 2. The van der Waals surface area contributed by atoms with Crippen LogP contribution in [-0.4, -0.2) is 41.6 Å². The number of urea groups is 1. The number of piperidine rings is 1. The Kier molecular flexibility index (Phi) is 5.66. The maximum absolute atomic E-state index is 12.1. The van der Waals surface area contributed by atoms with Crippen LogP contribution in [0.1, 0.15) is 31.4 Å². The van der Waals surface area contributed by atoms with E-state index >= 15 is 0 Å². The summed E-state index contributed by atoms with van der Waals surface area (Å²) in [5.74, 6) is 0.383. The highest BCUT2D eigenvalue weighted by atomic mass is 16.4. The Labute approximate surface area is 124 Å². The van der Waals surface area contributed by atoms with Gasteiger partial charge in [-0.25, -0.2) is 4.79 Å². The van der Waals surface area contributed by atoms with Crippen molar-refractivity contribution in [3.05, 3.63) is 24.2 Å². The van der Waals surface area contributed by atoms with Crippen LogP contribution < -0.4 is 5.32 Å². The van der Waals surface area contributed by atoms with Crippen molar-refractivity contribution in [3.8, 4) is 0 Å². The van der Waals surface area contributed by atoms with Crippen LogP contribution in [0.25, 0.3) is 0 Å². The van der Waals surface area contributed by atoms with Gasteiger partial charge in [0, 0.05) is 32.5 Å². The zero-order chi connectivity index (χ0) is 15.1. The minimum absolute atomic E-state index is 0.0680. The molecule has 0 aromatic carbocycles. The molecule has 1 aliphatic heterocycles. The normalized spacial score (nSPS) is 18.5. The van der Waals surface area contributed by atoms with Gasteiger partial charge < -0.3 is 19.7 Å². The Balaban J connectivity index is 1.70. The van der Waals surface area contributed by atoms with E-state index in [2.05, 4.69) is 5.32 Å². The Morgan fingerprint density at radius 2 is 2.33 bits per heavy atom. The zero-order valence-corrected chi connectivity index (χ0v) is 12.1.